The van der Waals surface area contributed by atoms with Crippen LogP contribution in [0.1, 0.15) is 15.5 Å². The lowest BCUT2D eigenvalue weighted by Crippen LogP contribution is -2.16. The Morgan fingerprint density at radius 2 is 1.80 bits per heavy atom. The number of anilines is 3. The number of rotatable bonds is 5. The van der Waals surface area contributed by atoms with Crippen molar-refractivity contribution in [1.82, 2.24) is 9.97 Å². The highest BCUT2D eigenvalue weighted by molar-refractivity contribution is 7.18. The summed E-state index contributed by atoms with van der Waals surface area (Å²) in [5.74, 6) is -0.695. The van der Waals surface area contributed by atoms with Crippen LogP contribution in [0.3, 0.4) is 0 Å². The minimum Gasteiger partial charge on any atom is -0.406 e. The molecule has 0 fully saturated rings. The summed E-state index contributed by atoms with van der Waals surface area (Å²) in [5.41, 5.74) is 2.15. The summed E-state index contributed by atoms with van der Waals surface area (Å²) in [6.45, 7) is 1.92. The number of hydrogen-bond acceptors (Lipinski definition) is 7. The van der Waals surface area contributed by atoms with Gasteiger partial charge in [0.2, 0.25) is 0 Å². The molecule has 0 atom stereocenters. The van der Waals surface area contributed by atoms with E-state index < -0.39 is 6.36 Å². The number of aromatic nitrogens is 2. The summed E-state index contributed by atoms with van der Waals surface area (Å²) in [6.07, 6.45) is -4.74. The van der Waals surface area contributed by atoms with Crippen LogP contribution in [0.15, 0.2) is 47.8 Å². The van der Waals surface area contributed by atoms with E-state index in [4.69, 9.17) is 0 Å². The molecule has 0 aliphatic heterocycles. The fourth-order valence-electron chi connectivity index (χ4n) is 2.61. The average molecular weight is 450 g/mol. The Balaban J connectivity index is 1.40. The fourth-order valence-corrected chi connectivity index (χ4v) is 4.13. The van der Waals surface area contributed by atoms with E-state index in [0.29, 0.717) is 16.5 Å². The van der Waals surface area contributed by atoms with E-state index in [1.807, 2.05) is 13.0 Å². The maximum atomic E-state index is 12.5. The van der Waals surface area contributed by atoms with E-state index >= 15 is 0 Å². The van der Waals surface area contributed by atoms with E-state index in [1.54, 1.807) is 28.8 Å². The molecule has 0 spiro atoms. The summed E-state index contributed by atoms with van der Waals surface area (Å²) in [6, 6.07) is 10.7. The van der Waals surface area contributed by atoms with Gasteiger partial charge in [0.1, 0.15) is 11.4 Å². The standard InChI is InChI=1S/C19H13F3N4O2S2/c1-10-23-14-8-12(4-7-16(14)30-10)24-17(27)15-9-29-18(26-15)25-11-2-5-13(6-3-11)28-19(20,21)22/h2-9H,1H3,(H,24,27)(H,25,26). The number of ether oxygens (including phenoxy) is 1. The third-order valence-electron chi connectivity index (χ3n) is 3.83. The molecule has 0 saturated heterocycles. The Morgan fingerprint density at radius 1 is 1.07 bits per heavy atom. The van der Waals surface area contributed by atoms with E-state index in [0.717, 1.165) is 15.2 Å². The van der Waals surface area contributed by atoms with Crippen LogP contribution >= 0.6 is 22.7 Å². The number of thiazole rings is 2. The van der Waals surface area contributed by atoms with Crippen LogP contribution in [0.2, 0.25) is 0 Å². The molecule has 2 aromatic heterocycles. The molecule has 0 bridgehead atoms. The number of aryl methyl sites for hydroxylation is 1. The first kappa shape index (κ1) is 20.1. The predicted molar refractivity (Wildman–Crippen MR) is 111 cm³/mol. The molecule has 0 saturated carbocycles. The number of hydrogen-bond donors (Lipinski definition) is 2. The van der Waals surface area contributed by atoms with Crippen molar-refractivity contribution in [2.75, 3.05) is 10.6 Å². The molecule has 11 heteroatoms. The van der Waals surface area contributed by atoms with Gasteiger partial charge in [-0.25, -0.2) is 9.97 Å². The Hall–Kier alpha value is -3.18. The van der Waals surface area contributed by atoms with Gasteiger partial charge in [-0.05, 0) is 49.4 Å². The molecule has 2 aromatic carbocycles. The van der Waals surface area contributed by atoms with Gasteiger partial charge < -0.3 is 15.4 Å². The molecular weight excluding hydrogens is 437 g/mol. The first-order valence-electron chi connectivity index (χ1n) is 8.52. The van der Waals surface area contributed by atoms with Crippen molar-refractivity contribution >= 4 is 55.3 Å². The van der Waals surface area contributed by atoms with Crippen LogP contribution in [0.4, 0.5) is 29.7 Å². The number of halogens is 3. The molecule has 154 valence electrons. The first-order chi connectivity index (χ1) is 14.2. The number of alkyl halides is 3. The van der Waals surface area contributed by atoms with Crippen molar-refractivity contribution in [3.8, 4) is 5.75 Å². The highest BCUT2D eigenvalue weighted by Gasteiger charge is 2.30. The van der Waals surface area contributed by atoms with E-state index in [2.05, 4.69) is 25.3 Å². The third-order valence-corrected chi connectivity index (χ3v) is 5.54. The molecule has 30 heavy (non-hydrogen) atoms. The molecule has 1 amide bonds. The maximum absolute atomic E-state index is 12.5. The maximum Gasteiger partial charge on any atom is 0.573 e. The Bertz CT molecular complexity index is 1200. The van der Waals surface area contributed by atoms with Gasteiger partial charge in [0.05, 0.1) is 15.2 Å². The van der Waals surface area contributed by atoms with Gasteiger partial charge in [-0.1, -0.05) is 0 Å². The number of carbonyl (C=O) groups is 1. The van der Waals surface area contributed by atoms with Crippen LogP contribution < -0.4 is 15.4 Å². The molecule has 0 aliphatic rings. The Kier molecular flexibility index (Phi) is 5.31. The second-order valence-electron chi connectivity index (χ2n) is 6.10. The van der Waals surface area contributed by atoms with E-state index in [1.165, 1.54) is 35.6 Å². The molecule has 4 rings (SSSR count). The lowest BCUT2D eigenvalue weighted by Gasteiger charge is -2.09. The van der Waals surface area contributed by atoms with Crippen molar-refractivity contribution in [3.63, 3.8) is 0 Å². The molecule has 4 aromatic rings. The SMILES string of the molecule is Cc1nc2cc(NC(=O)c3csc(Nc4ccc(OC(F)(F)F)cc4)n3)ccc2s1. The highest BCUT2D eigenvalue weighted by atomic mass is 32.1. The van der Waals surface area contributed by atoms with Crippen LogP contribution in [0.5, 0.6) is 5.75 Å². The van der Waals surface area contributed by atoms with Gasteiger partial charge in [0, 0.05) is 16.8 Å². The summed E-state index contributed by atoms with van der Waals surface area (Å²) in [7, 11) is 0. The monoisotopic (exact) mass is 450 g/mol. The van der Waals surface area contributed by atoms with Gasteiger partial charge in [0.25, 0.3) is 5.91 Å². The normalized spacial score (nSPS) is 11.5. The van der Waals surface area contributed by atoms with Crippen LogP contribution in [-0.4, -0.2) is 22.2 Å². The van der Waals surface area contributed by atoms with Gasteiger partial charge in [-0.15, -0.1) is 35.8 Å². The van der Waals surface area contributed by atoms with Crippen molar-refractivity contribution in [1.29, 1.82) is 0 Å². The van der Waals surface area contributed by atoms with Crippen molar-refractivity contribution in [2.45, 2.75) is 13.3 Å². The van der Waals surface area contributed by atoms with Gasteiger partial charge >= 0.3 is 6.36 Å². The lowest BCUT2D eigenvalue weighted by atomic mass is 10.3. The number of amides is 1. The van der Waals surface area contributed by atoms with Gasteiger partial charge in [0.15, 0.2) is 5.13 Å². The summed E-state index contributed by atoms with van der Waals surface area (Å²) in [5, 5.41) is 8.69. The van der Waals surface area contributed by atoms with E-state index in [9.17, 15) is 18.0 Å². The molecule has 0 radical (unpaired) electrons. The van der Waals surface area contributed by atoms with E-state index in [-0.39, 0.29) is 17.4 Å². The lowest BCUT2D eigenvalue weighted by molar-refractivity contribution is -0.274. The zero-order chi connectivity index (χ0) is 21.3. The Labute approximate surface area is 176 Å². The summed E-state index contributed by atoms with van der Waals surface area (Å²) >= 11 is 2.78. The van der Waals surface area contributed by atoms with Crippen molar-refractivity contribution < 1.29 is 22.7 Å². The molecule has 2 N–H and O–H groups in total. The van der Waals surface area contributed by atoms with Crippen molar-refractivity contribution in [2.24, 2.45) is 0 Å². The summed E-state index contributed by atoms with van der Waals surface area (Å²) < 4.78 is 41.5. The highest BCUT2D eigenvalue weighted by Crippen LogP contribution is 2.27. The second-order valence-corrected chi connectivity index (χ2v) is 8.20. The number of fused-ring (bicyclic) bond motifs is 1. The first-order valence-corrected chi connectivity index (χ1v) is 10.2. The molecule has 0 unspecified atom stereocenters. The zero-order valence-electron chi connectivity index (χ0n) is 15.3. The third kappa shape index (κ3) is 4.86. The number of carbonyl (C=O) groups excluding carboxylic acids is 1. The molecule has 6 nitrogen and oxygen atoms in total. The minimum absolute atomic E-state index is 0.217. The van der Waals surface area contributed by atoms with Gasteiger partial charge in [-0.2, -0.15) is 0 Å². The number of nitrogens with zero attached hydrogens (tertiary/aromatic N) is 2. The summed E-state index contributed by atoms with van der Waals surface area (Å²) in [4.78, 5) is 21.1. The van der Waals surface area contributed by atoms with Crippen LogP contribution in [0.25, 0.3) is 10.2 Å². The number of nitrogens with one attached hydrogen (secondary N) is 2. The van der Waals surface area contributed by atoms with Crippen LogP contribution in [-0.2, 0) is 0 Å². The Morgan fingerprint density at radius 3 is 2.53 bits per heavy atom. The molecule has 2 heterocycles. The topological polar surface area (TPSA) is 76.1 Å². The molecular formula is C19H13F3N4O2S2. The second kappa shape index (κ2) is 7.92. The quantitative estimate of drug-likeness (QED) is 0.393. The van der Waals surface area contributed by atoms with Crippen LogP contribution in [0, 0.1) is 6.92 Å². The molecule has 0 aliphatic carbocycles. The zero-order valence-corrected chi connectivity index (χ0v) is 16.9. The fraction of sp³-hybridized carbons (Fsp3) is 0.105. The average Bonchev–Trinajstić information content (AvgIpc) is 3.27. The number of benzene rings is 2. The largest absolute Gasteiger partial charge is 0.573 e. The minimum atomic E-state index is -4.74. The predicted octanol–water partition coefficient (Wildman–Crippen LogP) is 5.96. The van der Waals surface area contributed by atoms with Gasteiger partial charge in [-0.3, -0.25) is 4.79 Å². The van der Waals surface area contributed by atoms with Crippen molar-refractivity contribution in [3.05, 3.63) is 58.5 Å². The smallest absolute Gasteiger partial charge is 0.406 e.